The van der Waals surface area contributed by atoms with E-state index in [1.807, 2.05) is 20.8 Å². The Morgan fingerprint density at radius 2 is 1.74 bits per heavy atom. The predicted molar refractivity (Wildman–Crippen MR) is 170 cm³/mol. The number of carbonyl (C=O) groups is 1. The fourth-order valence-electron chi connectivity index (χ4n) is 4.94. The molecule has 6 N–H and O–H groups in total. The van der Waals surface area contributed by atoms with Gasteiger partial charge in [0.1, 0.15) is 24.6 Å². The van der Waals surface area contributed by atoms with Gasteiger partial charge >= 0.3 is 6.18 Å². The second kappa shape index (κ2) is 19.2. The van der Waals surface area contributed by atoms with E-state index in [0.29, 0.717) is 40.5 Å². The Balaban J connectivity index is 0.000000279. The summed E-state index contributed by atoms with van der Waals surface area (Å²) in [6, 6.07) is -1.50. The van der Waals surface area contributed by atoms with Crippen LogP contribution in [0.1, 0.15) is 89.1 Å². The highest BCUT2D eigenvalue weighted by molar-refractivity contribution is 5.85. The lowest BCUT2D eigenvalue weighted by molar-refractivity contribution is -0.138. The van der Waals surface area contributed by atoms with E-state index in [0.717, 1.165) is 11.0 Å². The monoisotopic (exact) mass is 676 g/mol. The molecule has 2 heterocycles. The number of hydrogen-bond donors (Lipinski definition) is 4. The topological polar surface area (TPSA) is 166 Å². The molecular weight excluding hydrogens is 627 g/mol. The molecule has 47 heavy (non-hydrogen) atoms. The van der Waals surface area contributed by atoms with Gasteiger partial charge in [0.25, 0.3) is 0 Å². The zero-order valence-electron chi connectivity index (χ0n) is 27.5. The minimum atomic E-state index is -4.64. The first-order valence-corrected chi connectivity index (χ1v) is 16.0. The molecule has 3 saturated carbocycles. The summed E-state index contributed by atoms with van der Waals surface area (Å²) in [6.45, 7) is 8.19. The number of nitrogens with one attached hydrogen (secondary N) is 2. The number of nitrogens with zero attached hydrogens (tertiary/aromatic N) is 6. The predicted octanol–water partition coefficient (Wildman–Crippen LogP) is 5.66. The molecule has 0 spiro atoms. The number of hydrazone groups is 1. The molecule has 0 aliphatic heterocycles. The zero-order chi connectivity index (χ0) is 35.1. The van der Waals surface area contributed by atoms with Crippen molar-refractivity contribution < 1.29 is 31.4 Å². The molecule has 12 nitrogen and oxygen atoms in total. The van der Waals surface area contributed by atoms with Gasteiger partial charge in [-0.25, -0.2) is 19.3 Å². The Morgan fingerprint density at radius 3 is 2.11 bits per heavy atom. The number of nitrogens with two attached hydrogens (primary N) is 2. The quantitative estimate of drug-likeness (QED) is 0.0520. The van der Waals surface area contributed by atoms with Crippen LogP contribution in [0.15, 0.2) is 28.7 Å². The molecule has 0 saturated heterocycles. The summed E-state index contributed by atoms with van der Waals surface area (Å²) in [5, 5.41) is 20.6. The van der Waals surface area contributed by atoms with Gasteiger partial charge in [0.15, 0.2) is 11.5 Å². The number of rotatable bonds is 13. The molecule has 17 heteroatoms. The maximum atomic E-state index is 12.7. The van der Waals surface area contributed by atoms with Crippen molar-refractivity contribution in [3.63, 3.8) is 0 Å². The van der Waals surface area contributed by atoms with Gasteiger partial charge in [0.2, 0.25) is 6.43 Å². The molecular formula is C30H49F5N10O2. The van der Waals surface area contributed by atoms with Gasteiger partial charge in [0, 0.05) is 19.7 Å². The molecule has 2 aromatic heterocycles. The maximum absolute atomic E-state index is 12.7. The largest absolute Gasteiger partial charge is 0.407 e. The Hall–Kier alpha value is -3.76. The summed E-state index contributed by atoms with van der Waals surface area (Å²) < 4.78 is 68.3. The normalized spacial score (nSPS) is 17.1. The van der Waals surface area contributed by atoms with Crippen molar-refractivity contribution in [3.05, 3.63) is 30.4 Å². The highest BCUT2D eigenvalue weighted by Gasteiger charge is 2.45. The molecule has 3 aliphatic rings. The third-order valence-electron chi connectivity index (χ3n) is 7.86. The van der Waals surface area contributed by atoms with Crippen LogP contribution in [0.3, 0.4) is 0 Å². The number of alkyl halides is 5. The lowest BCUT2D eigenvalue weighted by Gasteiger charge is -2.27. The number of amidine groups is 1. The number of halogens is 5. The van der Waals surface area contributed by atoms with Crippen molar-refractivity contribution in [2.24, 2.45) is 34.5 Å². The molecule has 0 bridgehead atoms. The maximum Gasteiger partial charge on any atom is 0.407 e. The molecule has 2 atom stereocenters. The molecule has 0 aromatic carbocycles. The van der Waals surface area contributed by atoms with Crippen molar-refractivity contribution >= 4 is 23.5 Å². The zero-order valence-corrected chi connectivity index (χ0v) is 27.5. The van der Waals surface area contributed by atoms with Crippen molar-refractivity contribution in [1.29, 1.82) is 0 Å². The number of aryl methyl sites for hydroxylation is 1. The Labute approximate surface area is 272 Å². The number of anilines is 1. The summed E-state index contributed by atoms with van der Waals surface area (Å²) in [4.78, 5) is 11.4. The van der Waals surface area contributed by atoms with E-state index in [1.165, 1.54) is 63.8 Å². The summed E-state index contributed by atoms with van der Waals surface area (Å²) >= 11 is 0. The number of hydrogen-bond acceptors (Lipinski definition) is 10. The molecule has 3 aliphatic carbocycles. The number of aldehydes is 1. The highest BCUT2D eigenvalue weighted by atomic mass is 19.4. The van der Waals surface area contributed by atoms with Crippen LogP contribution in [-0.4, -0.2) is 69.5 Å². The lowest BCUT2D eigenvalue weighted by atomic mass is 9.90. The van der Waals surface area contributed by atoms with E-state index in [4.69, 9.17) is 11.7 Å². The average molecular weight is 677 g/mol. The van der Waals surface area contributed by atoms with Crippen LogP contribution in [-0.2, 0) is 4.79 Å². The van der Waals surface area contributed by atoms with E-state index in [9.17, 15) is 26.7 Å². The first kappa shape index (κ1) is 39.4. The van der Waals surface area contributed by atoms with Crippen molar-refractivity contribution in [1.82, 2.24) is 30.4 Å². The fourth-order valence-corrected chi connectivity index (χ4v) is 4.94. The molecule has 2 aromatic rings. The van der Waals surface area contributed by atoms with Crippen LogP contribution in [0.25, 0.3) is 5.70 Å². The van der Waals surface area contributed by atoms with Gasteiger partial charge in [-0.2, -0.15) is 23.4 Å². The summed E-state index contributed by atoms with van der Waals surface area (Å²) in [5.41, 5.74) is 2.41. The van der Waals surface area contributed by atoms with Gasteiger partial charge in [-0.1, -0.05) is 51.3 Å². The van der Waals surface area contributed by atoms with Crippen LogP contribution < -0.4 is 22.3 Å². The van der Waals surface area contributed by atoms with Crippen LogP contribution in [0.5, 0.6) is 0 Å². The Bertz CT molecular complexity index is 1220. The van der Waals surface area contributed by atoms with E-state index < -0.39 is 37.4 Å². The van der Waals surface area contributed by atoms with Crippen LogP contribution in [0.2, 0.25) is 0 Å². The second-order valence-corrected chi connectivity index (χ2v) is 11.5. The summed E-state index contributed by atoms with van der Waals surface area (Å²) in [6.07, 6.45) is 6.39. The molecule has 0 amide bonds. The first-order valence-electron chi connectivity index (χ1n) is 16.0. The highest BCUT2D eigenvalue weighted by Crippen LogP contribution is 2.50. The summed E-state index contributed by atoms with van der Waals surface area (Å²) in [7, 11) is 1.57. The Morgan fingerprint density at radius 1 is 1.17 bits per heavy atom. The number of hydrazine groups is 1. The average Bonchev–Trinajstić information content (AvgIpc) is 3.91. The molecule has 5 rings (SSSR count). The van der Waals surface area contributed by atoms with Gasteiger partial charge in [-0.15, -0.1) is 0 Å². The van der Waals surface area contributed by atoms with Gasteiger partial charge in [0.05, 0.1) is 23.6 Å². The first-order chi connectivity index (χ1) is 22.4. The minimum Gasteiger partial charge on any atom is -0.386 e. The molecule has 2 unspecified atom stereocenters. The molecule has 3 fully saturated rings. The standard InChI is InChI=1S/C14H19N3O2.C10H16F5N7.C4H8.C2H6/c1-8(14-9(2)16-19-17-14)15-12(7-18)13(10-3-4-10)11-5-6-11;1-18-6-3-19-22(4-6)7(2-8(11)12)9(20-16)21(17)5-10(13,14)15;1-2-4-3-1;1-2/h7,10-13,15H,1,3-6H2,2H3;3-4,7-8,18H,2,5,16-17H2,1H3;1-4H2;1-2H3/b;20-9-;;. The molecule has 266 valence electrons. The van der Waals surface area contributed by atoms with E-state index in [-0.39, 0.29) is 11.1 Å². The summed E-state index contributed by atoms with van der Waals surface area (Å²) in [5.74, 6) is 11.6. The third-order valence-corrected chi connectivity index (χ3v) is 7.86. The number of aromatic nitrogens is 4. The van der Waals surface area contributed by atoms with E-state index in [1.54, 1.807) is 7.05 Å². The second-order valence-electron chi connectivity index (χ2n) is 11.5. The lowest BCUT2D eigenvalue weighted by Crippen LogP contribution is -2.48. The van der Waals surface area contributed by atoms with Crippen LogP contribution in [0.4, 0.5) is 27.6 Å². The van der Waals surface area contributed by atoms with Gasteiger partial charge in [-0.05, 0) is 55.5 Å². The number of carbonyl (C=O) groups excluding carboxylic acids is 1. The smallest absolute Gasteiger partial charge is 0.386 e. The van der Waals surface area contributed by atoms with E-state index in [2.05, 4.69) is 42.4 Å². The Kier molecular flexibility index (Phi) is 16.1. The van der Waals surface area contributed by atoms with Gasteiger partial charge < -0.3 is 21.3 Å². The molecule has 0 radical (unpaired) electrons. The van der Waals surface area contributed by atoms with Crippen molar-refractivity contribution in [2.45, 2.75) is 103 Å². The SMILES string of the molecule is C1CCC1.C=C(NC(C=O)C(C1CC1)C1CC1)c1nonc1C.CC.CNc1cnn(C(CC(F)F)/C(=N/N)N(N)CC(F)(F)F)c1. The fraction of sp³-hybridized carbons (Fsp3) is 0.700. The third kappa shape index (κ3) is 13.1. The van der Waals surface area contributed by atoms with Crippen molar-refractivity contribution in [2.75, 3.05) is 18.9 Å². The minimum absolute atomic E-state index is 0.163. The van der Waals surface area contributed by atoms with Crippen LogP contribution in [0, 0.1) is 24.7 Å². The van der Waals surface area contributed by atoms with Crippen molar-refractivity contribution in [3.8, 4) is 0 Å². The van der Waals surface area contributed by atoms with Crippen LogP contribution >= 0.6 is 0 Å². The van der Waals surface area contributed by atoms with E-state index >= 15 is 0 Å². The van der Waals surface area contributed by atoms with Gasteiger partial charge in [-0.3, -0.25) is 9.69 Å².